The van der Waals surface area contributed by atoms with E-state index in [4.69, 9.17) is 4.74 Å². The summed E-state index contributed by atoms with van der Waals surface area (Å²) in [4.78, 5) is 10.7. The van der Waals surface area contributed by atoms with E-state index in [1.54, 1.807) is 12.3 Å². The molecule has 0 amide bonds. The highest BCUT2D eigenvalue weighted by atomic mass is 16.5. The monoisotopic (exact) mass is 154 g/mol. The fraction of sp³-hybridized carbons (Fsp3) is 0.375. The van der Waals surface area contributed by atoms with Crippen molar-refractivity contribution in [1.29, 1.82) is 0 Å². The van der Waals surface area contributed by atoms with Crippen LogP contribution in [0.25, 0.3) is 0 Å². The number of carbonyl (C=O) groups excluding carboxylic acids is 1. The van der Waals surface area contributed by atoms with Gasteiger partial charge in [0, 0.05) is 0 Å². The molecule has 0 radical (unpaired) electrons. The lowest BCUT2D eigenvalue weighted by atomic mass is 10.2. The van der Waals surface area contributed by atoms with E-state index in [0.29, 0.717) is 13.0 Å². The Kier molecular flexibility index (Phi) is 2.72. The van der Waals surface area contributed by atoms with Gasteiger partial charge in [-0.3, -0.25) is 4.79 Å². The molecule has 0 saturated heterocycles. The van der Waals surface area contributed by atoms with E-state index in [0.717, 1.165) is 5.57 Å². The quantitative estimate of drug-likeness (QED) is 0.557. The van der Waals surface area contributed by atoms with Crippen molar-refractivity contribution in [3.05, 3.63) is 24.0 Å². The van der Waals surface area contributed by atoms with Gasteiger partial charge in [0.15, 0.2) is 0 Å². The number of methoxy groups -OCH3 is 1. The largest absolute Gasteiger partial charge is 0.497 e. The zero-order valence-corrected chi connectivity index (χ0v) is 6.37. The van der Waals surface area contributed by atoms with Gasteiger partial charge < -0.3 is 9.47 Å². The third-order valence-electron chi connectivity index (χ3n) is 1.37. The lowest BCUT2D eigenvalue weighted by Gasteiger charge is -2.08. The second-order valence-corrected chi connectivity index (χ2v) is 2.22. The van der Waals surface area contributed by atoms with Crippen LogP contribution < -0.4 is 0 Å². The van der Waals surface area contributed by atoms with E-state index in [1.807, 2.05) is 6.08 Å². The minimum absolute atomic E-state index is 0.227. The average molecular weight is 154 g/mol. The van der Waals surface area contributed by atoms with Gasteiger partial charge in [0.25, 0.3) is 0 Å². The molecule has 0 saturated carbocycles. The molecular weight excluding hydrogens is 144 g/mol. The second-order valence-electron chi connectivity index (χ2n) is 2.22. The molecule has 1 aliphatic rings. The Hall–Kier alpha value is -1.25. The first-order valence-electron chi connectivity index (χ1n) is 3.36. The van der Waals surface area contributed by atoms with Gasteiger partial charge in [0.1, 0.15) is 6.61 Å². The highest BCUT2D eigenvalue weighted by Crippen LogP contribution is 2.07. The highest BCUT2D eigenvalue weighted by molar-refractivity contribution is 5.72. The molecule has 0 aromatic heterocycles. The minimum Gasteiger partial charge on any atom is -0.497 e. The predicted octanol–water partition coefficient (Wildman–Crippen LogP) is 1.02. The van der Waals surface area contributed by atoms with Gasteiger partial charge in [-0.15, -0.1) is 0 Å². The van der Waals surface area contributed by atoms with Crippen molar-refractivity contribution >= 4 is 5.97 Å². The van der Waals surface area contributed by atoms with Crippen LogP contribution in [0, 0.1) is 0 Å². The molecule has 3 heteroatoms. The fourth-order valence-electron chi connectivity index (χ4n) is 0.802. The van der Waals surface area contributed by atoms with Gasteiger partial charge in [-0.05, 0) is 11.6 Å². The summed E-state index contributed by atoms with van der Waals surface area (Å²) in [5, 5.41) is 0. The molecule has 0 fully saturated rings. The maximum Gasteiger partial charge on any atom is 0.309 e. The summed E-state index contributed by atoms with van der Waals surface area (Å²) in [7, 11) is 1.38. The van der Waals surface area contributed by atoms with Crippen LogP contribution in [-0.4, -0.2) is 19.7 Å². The van der Waals surface area contributed by atoms with Crippen LogP contribution >= 0.6 is 0 Å². The first-order valence-corrected chi connectivity index (χ1v) is 3.36. The average Bonchev–Trinajstić information content (AvgIpc) is 2.06. The van der Waals surface area contributed by atoms with E-state index < -0.39 is 0 Å². The number of rotatable bonds is 2. The number of carbonyl (C=O) groups is 1. The van der Waals surface area contributed by atoms with Crippen molar-refractivity contribution in [3.63, 3.8) is 0 Å². The number of hydrogen-bond donors (Lipinski definition) is 0. The smallest absolute Gasteiger partial charge is 0.309 e. The third-order valence-corrected chi connectivity index (χ3v) is 1.37. The Morgan fingerprint density at radius 1 is 1.82 bits per heavy atom. The van der Waals surface area contributed by atoms with E-state index in [9.17, 15) is 4.79 Å². The van der Waals surface area contributed by atoms with E-state index in [2.05, 4.69) is 4.74 Å². The number of allylic oxidation sites excluding steroid dienone is 2. The minimum atomic E-state index is -0.227. The maximum atomic E-state index is 10.7. The number of esters is 1. The zero-order chi connectivity index (χ0) is 8.10. The molecule has 0 atom stereocenters. The summed E-state index contributed by atoms with van der Waals surface area (Å²) in [6.45, 7) is 0.492. The van der Waals surface area contributed by atoms with Crippen LogP contribution in [0.1, 0.15) is 6.42 Å². The predicted molar refractivity (Wildman–Crippen MR) is 39.8 cm³/mol. The van der Waals surface area contributed by atoms with Gasteiger partial charge in [-0.2, -0.15) is 0 Å². The fourth-order valence-corrected chi connectivity index (χ4v) is 0.802. The van der Waals surface area contributed by atoms with Crippen LogP contribution in [0.4, 0.5) is 0 Å². The van der Waals surface area contributed by atoms with E-state index >= 15 is 0 Å². The van der Waals surface area contributed by atoms with Gasteiger partial charge in [0.2, 0.25) is 0 Å². The molecule has 1 heterocycles. The SMILES string of the molecule is COC(=O)CC1=CC=COC1. The Morgan fingerprint density at radius 2 is 2.64 bits per heavy atom. The molecule has 11 heavy (non-hydrogen) atoms. The third kappa shape index (κ3) is 2.45. The van der Waals surface area contributed by atoms with Gasteiger partial charge in [-0.25, -0.2) is 0 Å². The first-order chi connectivity index (χ1) is 5.33. The molecule has 1 rings (SSSR count). The van der Waals surface area contributed by atoms with Gasteiger partial charge in [0.05, 0.1) is 19.8 Å². The summed E-state index contributed by atoms with van der Waals surface area (Å²) in [5.74, 6) is -0.227. The first kappa shape index (κ1) is 7.85. The second kappa shape index (κ2) is 3.81. The van der Waals surface area contributed by atoms with Crippen molar-refractivity contribution in [3.8, 4) is 0 Å². The molecule has 0 aromatic rings. The highest BCUT2D eigenvalue weighted by Gasteiger charge is 2.06. The summed E-state index contributed by atoms with van der Waals surface area (Å²) < 4.78 is 9.46. The van der Waals surface area contributed by atoms with Crippen LogP contribution in [0.5, 0.6) is 0 Å². The standard InChI is InChI=1S/C8H10O3/c1-10-8(9)5-7-3-2-4-11-6-7/h2-4H,5-6H2,1H3. The molecule has 0 aromatic carbocycles. The lowest BCUT2D eigenvalue weighted by Crippen LogP contribution is -2.06. The van der Waals surface area contributed by atoms with Crippen molar-refractivity contribution in [2.24, 2.45) is 0 Å². The van der Waals surface area contributed by atoms with Gasteiger partial charge >= 0.3 is 5.97 Å². The summed E-state index contributed by atoms with van der Waals surface area (Å²) in [6.07, 6.45) is 5.55. The summed E-state index contributed by atoms with van der Waals surface area (Å²) >= 11 is 0. The molecule has 0 bridgehead atoms. The Balaban J connectivity index is 2.42. The molecule has 0 unspecified atom stereocenters. The van der Waals surface area contributed by atoms with E-state index in [1.165, 1.54) is 7.11 Å². The molecule has 0 spiro atoms. The van der Waals surface area contributed by atoms with Crippen LogP contribution in [0.2, 0.25) is 0 Å². The topological polar surface area (TPSA) is 35.5 Å². The lowest BCUT2D eigenvalue weighted by molar-refractivity contribution is -0.139. The molecule has 1 aliphatic heterocycles. The molecular formula is C8H10O3. The van der Waals surface area contributed by atoms with Crippen molar-refractivity contribution in [1.82, 2.24) is 0 Å². The van der Waals surface area contributed by atoms with Crippen molar-refractivity contribution in [2.45, 2.75) is 6.42 Å². The maximum absolute atomic E-state index is 10.7. The number of hydrogen-bond acceptors (Lipinski definition) is 3. The summed E-state index contributed by atoms with van der Waals surface area (Å²) in [5.41, 5.74) is 0.944. The van der Waals surface area contributed by atoms with Crippen molar-refractivity contribution in [2.75, 3.05) is 13.7 Å². The summed E-state index contributed by atoms with van der Waals surface area (Å²) in [6, 6.07) is 0. The Labute approximate surface area is 65.3 Å². The van der Waals surface area contributed by atoms with E-state index in [-0.39, 0.29) is 5.97 Å². The van der Waals surface area contributed by atoms with Crippen LogP contribution in [0.3, 0.4) is 0 Å². The molecule has 0 N–H and O–H groups in total. The van der Waals surface area contributed by atoms with Gasteiger partial charge in [-0.1, -0.05) is 6.08 Å². The normalized spacial score (nSPS) is 15.2. The number of ether oxygens (including phenoxy) is 2. The van der Waals surface area contributed by atoms with Crippen LogP contribution in [0.15, 0.2) is 24.0 Å². The Bertz CT molecular complexity index is 203. The molecule has 0 aliphatic carbocycles. The Morgan fingerprint density at radius 3 is 3.18 bits per heavy atom. The van der Waals surface area contributed by atoms with Crippen LogP contribution in [-0.2, 0) is 14.3 Å². The molecule has 60 valence electrons. The van der Waals surface area contributed by atoms with Crippen molar-refractivity contribution < 1.29 is 14.3 Å². The molecule has 3 nitrogen and oxygen atoms in total. The zero-order valence-electron chi connectivity index (χ0n) is 6.37.